The number of fused-ring (bicyclic) bond motifs is 1. The molecule has 0 aromatic carbocycles. The lowest BCUT2D eigenvalue weighted by atomic mass is 10.1. The lowest BCUT2D eigenvalue weighted by Crippen LogP contribution is -2.55. The standard InChI is InChI=1S/C14H22N4/c1-17-7-8-18(12(9-15)10-17)14-6-5-11-3-2-4-13(11)16-14/h5-6,12H,2-4,7-10,15H2,1H3. The molecule has 0 amide bonds. The van der Waals surface area contributed by atoms with E-state index in [1.165, 1.54) is 24.1 Å². The number of likely N-dealkylation sites (N-methyl/N-ethyl adjacent to an activating group) is 1. The van der Waals surface area contributed by atoms with Crippen molar-refractivity contribution in [3.05, 3.63) is 23.4 Å². The van der Waals surface area contributed by atoms with Crippen LogP contribution >= 0.6 is 0 Å². The number of rotatable bonds is 2. The average Bonchev–Trinajstić information content (AvgIpc) is 2.85. The van der Waals surface area contributed by atoms with Gasteiger partial charge < -0.3 is 15.5 Å². The molecule has 1 atom stereocenters. The Morgan fingerprint density at radius 3 is 3.06 bits per heavy atom. The van der Waals surface area contributed by atoms with Gasteiger partial charge in [0.2, 0.25) is 0 Å². The van der Waals surface area contributed by atoms with E-state index in [0.29, 0.717) is 12.6 Å². The summed E-state index contributed by atoms with van der Waals surface area (Å²) in [5.41, 5.74) is 8.66. The highest BCUT2D eigenvalue weighted by Crippen LogP contribution is 2.25. The number of pyridine rings is 1. The molecule has 98 valence electrons. The Morgan fingerprint density at radius 1 is 1.33 bits per heavy atom. The Hall–Kier alpha value is -1.13. The largest absolute Gasteiger partial charge is 0.350 e. The summed E-state index contributed by atoms with van der Waals surface area (Å²) in [6, 6.07) is 4.84. The fourth-order valence-electron chi connectivity index (χ4n) is 3.08. The lowest BCUT2D eigenvalue weighted by molar-refractivity contribution is 0.268. The molecule has 1 saturated heterocycles. The molecular weight excluding hydrogens is 224 g/mol. The third kappa shape index (κ3) is 2.10. The molecule has 0 bridgehead atoms. The molecule has 4 heteroatoms. The number of anilines is 1. The molecule has 2 heterocycles. The van der Waals surface area contributed by atoms with Gasteiger partial charge in [-0.3, -0.25) is 0 Å². The Labute approximate surface area is 109 Å². The van der Waals surface area contributed by atoms with Crippen LogP contribution in [0.1, 0.15) is 17.7 Å². The molecule has 1 aromatic heterocycles. The highest BCUT2D eigenvalue weighted by atomic mass is 15.3. The van der Waals surface area contributed by atoms with Gasteiger partial charge in [-0.05, 0) is 37.9 Å². The van der Waals surface area contributed by atoms with E-state index in [4.69, 9.17) is 10.7 Å². The minimum atomic E-state index is 0.399. The van der Waals surface area contributed by atoms with E-state index in [1.54, 1.807) is 0 Å². The van der Waals surface area contributed by atoms with Gasteiger partial charge in [-0.1, -0.05) is 6.07 Å². The van der Waals surface area contributed by atoms with Crippen LogP contribution in [0.15, 0.2) is 12.1 Å². The van der Waals surface area contributed by atoms with Crippen molar-refractivity contribution in [3.8, 4) is 0 Å². The topological polar surface area (TPSA) is 45.4 Å². The van der Waals surface area contributed by atoms with Crippen molar-refractivity contribution in [2.75, 3.05) is 38.1 Å². The summed E-state index contributed by atoms with van der Waals surface area (Å²) in [5.74, 6) is 1.12. The maximum Gasteiger partial charge on any atom is 0.129 e. The highest BCUT2D eigenvalue weighted by Gasteiger charge is 2.26. The number of piperazine rings is 1. The second-order valence-corrected chi connectivity index (χ2v) is 5.47. The molecule has 4 nitrogen and oxygen atoms in total. The molecule has 0 saturated carbocycles. The molecule has 18 heavy (non-hydrogen) atoms. The van der Waals surface area contributed by atoms with Crippen LogP contribution in [-0.2, 0) is 12.8 Å². The van der Waals surface area contributed by atoms with Crippen LogP contribution in [0, 0.1) is 0 Å². The van der Waals surface area contributed by atoms with E-state index in [2.05, 4.69) is 29.0 Å². The number of hydrogen-bond donors (Lipinski definition) is 1. The van der Waals surface area contributed by atoms with Crippen LogP contribution in [0.25, 0.3) is 0 Å². The zero-order valence-electron chi connectivity index (χ0n) is 11.1. The molecule has 1 aliphatic heterocycles. The molecule has 0 radical (unpaired) electrons. The van der Waals surface area contributed by atoms with E-state index < -0.39 is 0 Å². The van der Waals surface area contributed by atoms with E-state index in [-0.39, 0.29) is 0 Å². The predicted octanol–water partition coefficient (Wildman–Crippen LogP) is 0.649. The zero-order chi connectivity index (χ0) is 12.5. The van der Waals surface area contributed by atoms with Gasteiger partial charge in [0, 0.05) is 31.9 Å². The fraction of sp³-hybridized carbons (Fsp3) is 0.643. The predicted molar refractivity (Wildman–Crippen MR) is 73.9 cm³/mol. The summed E-state index contributed by atoms with van der Waals surface area (Å²) < 4.78 is 0. The molecule has 3 rings (SSSR count). The monoisotopic (exact) mass is 246 g/mol. The summed E-state index contributed by atoms with van der Waals surface area (Å²) in [5, 5.41) is 0. The van der Waals surface area contributed by atoms with Crippen molar-refractivity contribution in [3.63, 3.8) is 0 Å². The average molecular weight is 246 g/mol. The molecule has 0 spiro atoms. The van der Waals surface area contributed by atoms with Gasteiger partial charge in [-0.25, -0.2) is 4.98 Å². The third-order valence-electron chi connectivity index (χ3n) is 4.17. The van der Waals surface area contributed by atoms with Crippen LogP contribution in [0.2, 0.25) is 0 Å². The first-order valence-electron chi connectivity index (χ1n) is 6.92. The molecule has 2 N–H and O–H groups in total. The van der Waals surface area contributed by atoms with Crippen molar-refractivity contribution in [1.29, 1.82) is 0 Å². The van der Waals surface area contributed by atoms with Crippen molar-refractivity contribution in [2.45, 2.75) is 25.3 Å². The lowest BCUT2D eigenvalue weighted by Gasteiger charge is -2.40. The molecule has 1 aliphatic carbocycles. The van der Waals surface area contributed by atoms with Gasteiger partial charge >= 0.3 is 0 Å². The van der Waals surface area contributed by atoms with Crippen LogP contribution in [0.5, 0.6) is 0 Å². The third-order valence-corrected chi connectivity index (χ3v) is 4.17. The Morgan fingerprint density at radius 2 is 2.22 bits per heavy atom. The number of nitrogens with zero attached hydrogens (tertiary/aromatic N) is 3. The van der Waals surface area contributed by atoms with Gasteiger partial charge in [0.15, 0.2) is 0 Å². The quantitative estimate of drug-likeness (QED) is 0.832. The van der Waals surface area contributed by atoms with Crippen molar-refractivity contribution in [1.82, 2.24) is 9.88 Å². The molecular formula is C14H22N4. The van der Waals surface area contributed by atoms with Crippen molar-refractivity contribution >= 4 is 5.82 Å². The molecule has 1 unspecified atom stereocenters. The first kappa shape index (κ1) is 11.9. The van der Waals surface area contributed by atoms with Crippen LogP contribution in [0.3, 0.4) is 0 Å². The minimum absolute atomic E-state index is 0.399. The summed E-state index contributed by atoms with van der Waals surface area (Å²) in [7, 11) is 2.16. The van der Waals surface area contributed by atoms with Gasteiger partial charge in [-0.2, -0.15) is 0 Å². The Balaban J connectivity index is 1.85. The molecule has 1 fully saturated rings. The summed E-state index contributed by atoms with van der Waals surface area (Å²) in [6.45, 7) is 3.86. The zero-order valence-corrected chi connectivity index (χ0v) is 11.1. The van der Waals surface area contributed by atoms with E-state index >= 15 is 0 Å². The van der Waals surface area contributed by atoms with Crippen molar-refractivity contribution < 1.29 is 0 Å². The SMILES string of the molecule is CN1CCN(c2ccc3c(n2)CCC3)C(CN)C1. The first-order valence-corrected chi connectivity index (χ1v) is 6.92. The highest BCUT2D eigenvalue weighted by molar-refractivity contribution is 5.45. The summed E-state index contributed by atoms with van der Waals surface area (Å²) >= 11 is 0. The second-order valence-electron chi connectivity index (χ2n) is 5.47. The smallest absolute Gasteiger partial charge is 0.129 e. The van der Waals surface area contributed by atoms with E-state index in [1.807, 2.05) is 0 Å². The second kappa shape index (κ2) is 4.86. The Kier molecular flexibility index (Phi) is 3.22. The summed E-state index contributed by atoms with van der Waals surface area (Å²) in [4.78, 5) is 9.59. The molecule has 2 aliphatic rings. The maximum absolute atomic E-state index is 5.91. The van der Waals surface area contributed by atoms with Gasteiger partial charge in [0.1, 0.15) is 5.82 Å². The number of aryl methyl sites for hydroxylation is 2. The van der Waals surface area contributed by atoms with Crippen molar-refractivity contribution in [2.24, 2.45) is 5.73 Å². The number of hydrogen-bond acceptors (Lipinski definition) is 4. The van der Waals surface area contributed by atoms with Gasteiger partial charge in [-0.15, -0.1) is 0 Å². The number of aromatic nitrogens is 1. The van der Waals surface area contributed by atoms with Crippen LogP contribution in [0.4, 0.5) is 5.82 Å². The number of nitrogens with two attached hydrogens (primary N) is 1. The molecule has 1 aromatic rings. The van der Waals surface area contributed by atoms with E-state index in [9.17, 15) is 0 Å². The summed E-state index contributed by atoms with van der Waals surface area (Å²) in [6.07, 6.45) is 3.60. The van der Waals surface area contributed by atoms with Gasteiger partial charge in [0.25, 0.3) is 0 Å². The Bertz CT molecular complexity index is 432. The van der Waals surface area contributed by atoms with E-state index in [0.717, 1.165) is 31.9 Å². The van der Waals surface area contributed by atoms with Gasteiger partial charge in [0.05, 0.1) is 6.04 Å². The normalized spacial score (nSPS) is 24.3. The maximum atomic E-state index is 5.91. The van der Waals surface area contributed by atoms with Crippen LogP contribution in [-0.4, -0.2) is 49.2 Å². The minimum Gasteiger partial charge on any atom is -0.350 e. The fourth-order valence-corrected chi connectivity index (χ4v) is 3.08. The first-order chi connectivity index (χ1) is 8.78. The van der Waals surface area contributed by atoms with Crippen LogP contribution < -0.4 is 10.6 Å².